The summed E-state index contributed by atoms with van der Waals surface area (Å²) in [5.41, 5.74) is -0.185. The zero-order chi connectivity index (χ0) is 13.7. The third-order valence-corrected chi connectivity index (χ3v) is 2.37. The van der Waals surface area contributed by atoms with Crippen molar-refractivity contribution in [3.63, 3.8) is 0 Å². The van der Waals surface area contributed by atoms with Crippen LogP contribution >= 0.6 is 0 Å². The van der Waals surface area contributed by atoms with Gasteiger partial charge in [0.15, 0.2) is 0 Å². The highest BCUT2D eigenvalue weighted by atomic mass is 19.1. The van der Waals surface area contributed by atoms with Crippen molar-refractivity contribution >= 4 is 11.9 Å². The van der Waals surface area contributed by atoms with Gasteiger partial charge in [0, 0.05) is 18.5 Å². The Labute approximate surface area is 103 Å². The van der Waals surface area contributed by atoms with Gasteiger partial charge in [0.25, 0.3) is 5.91 Å². The maximum atomic E-state index is 13.4. The summed E-state index contributed by atoms with van der Waals surface area (Å²) < 4.78 is 13.4. The van der Waals surface area contributed by atoms with E-state index < -0.39 is 17.7 Å². The van der Waals surface area contributed by atoms with Crippen LogP contribution in [-0.2, 0) is 4.79 Å². The zero-order valence-electron chi connectivity index (χ0n) is 9.81. The summed E-state index contributed by atoms with van der Waals surface area (Å²) in [7, 11) is 0. The molecule has 1 aromatic rings. The molecular weight excluding hydrogens is 241 g/mol. The number of benzene rings is 1. The molecule has 0 saturated heterocycles. The summed E-state index contributed by atoms with van der Waals surface area (Å²) in [5.74, 6) is -2.67. The first kappa shape index (κ1) is 14.0. The van der Waals surface area contributed by atoms with E-state index in [0.29, 0.717) is 0 Å². The first-order valence-corrected chi connectivity index (χ1v) is 5.41. The fourth-order valence-corrected chi connectivity index (χ4v) is 1.40. The first-order chi connectivity index (χ1) is 8.40. The number of carbonyl (C=O) groups is 2. The molecule has 0 aromatic heterocycles. The molecule has 0 aliphatic heterocycles. The lowest BCUT2D eigenvalue weighted by Gasteiger charge is -2.13. The van der Waals surface area contributed by atoms with Gasteiger partial charge in [0.2, 0.25) is 0 Å². The molecule has 0 spiro atoms. The predicted octanol–water partition coefficient (Wildman–Crippen LogP) is 1.51. The average molecular weight is 255 g/mol. The van der Waals surface area contributed by atoms with E-state index in [4.69, 9.17) is 10.2 Å². The molecular formula is C12H14FNO4. The Bertz CT molecular complexity index is 461. The van der Waals surface area contributed by atoms with Gasteiger partial charge in [0.1, 0.15) is 11.6 Å². The summed E-state index contributed by atoms with van der Waals surface area (Å²) in [5, 5.41) is 20.0. The highest BCUT2D eigenvalue weighted by Gasteiger charge is 2.15. The summed E-state index contributed by atoms with van der Waals surface area (Å²) in [4.78, 5) is 22.0. The number of carbonyl (C=O) groups excluding carboxylic acids is 1. The molecule has 98 valence electrons. The molecule has 1 aromatic carbocycles. The van der Waals surface area contributed by atoms with E-state index in [1.54, 1.807) is 6.92 Å². The number of aromatic hydroxyl groups is 1. The van der Waals surface area contributed by atoms with Crippen molar-refractivity contribution in [3.8, 4) is 5.75 Å². The van der Waals surface area contributed by atoms with Crippen molar-refractivity contribution in [2.75, 3.05) is 0 Å². The predicted molar refractivity (Wildman–Crippen MR) is 61.9 cm³/mol. The molecule has 0 saturated carbocycles. The third kappa shape index (κ3) is 4.04. The molecule has 1 atom stereocenters. The molecule has 6 heteroatoms. The molecule has 0 bridgehead atoms. The quantitative estimate of drug-likeness (QED) is 0.744. The fourth-order valence-electron chi connectivity index (χ4n) is 1.40. The Morgan fingerprint density at radius 1 is 1.44 bits per heavy atom. The SMILES string of the molecule is CC(CCC(=O)O)NC(=O)c1ccc(O)cc1F. The van der Waals surface area contributed by atoms with E-state index in [0.717, 1.165) is 6.07 Å². The standard InChI is InChI=1S/C12H14FNO4/c1-7(2-5-11(16)17)14-12(18)9-4-3-8(15)6-10(9)13/h3-4,6-7,15H,2,5H2,1H3,(H,14,18)(H,16,17). The molecule has 18 heavy (non-hydrogen) atoms. The zero-order valence-corrected chi connectivity index (χ0v) is 9.81. The summed E-state index contributed by atoms with van der Waals surface area (Å²) in [6.07, 6.45) is 0.195. The van der Waals surface area contributed by atoms with Crippen LogP contribution in [0.2, 0.25) is 0 Å². The van der Waals surface area contributed by atoms with Crippen molar-refractivity contribution < 1.29 is 24.2 Å². The number of aliphatic carboxylic acids is 1. The van der Waals surface area contributed by atoms with Gasteiger partial charge in [-0.2, -0.15) is 0 Å². The topological polar surface area (TPSA) is 86.6 Å². The van der Waals surface area contributed by atoms with E-state index in [-0.39, 0.29) is 30.2 Å². The fraction of sp³-hybridized carbons (Fsp3) is 0.333. The average Bonchev–Trinajstić information content (AvgIpc) is 2.26. The van der Waals surface area contributed by atoms with Crippen molar-refractivity contribution in [2.45, 2.75) is 25.8 Å². The number of hydrogen-bond acceptors (Lipinski definition) is 3. The van der Waals surface area contributed by atoms with Crippen LogP contribution in [0.3, 0.4) is 0 Å². The number of phenols is 1. The van der Waals surface area contributed by atoms with Crippen LogP contribution in [0.25, 0.3) is 0 Å². The Morgan fingerprint density at radius 2 is 2.11 bits per heavy atom. The maximum Gasteiger partial charge on any atom is 0.303 e. The van der Waals surface area contributed by atoms with Crippen molar-refractivity contribution in [1.29, 1.82) is 0 Å². The van der Waals surface area contributed by atoms with Gasteiger partial charge >= 0.3 is 5.97 Å². The lowest BCUT2D eigenvalue weighted by atomic mass is 10.1. The molecule has 1 unspecified atom stereocenters. The minimum absolute atomic E-state index is 0.0699. The normalized spacial score (nSPS) is 11.9. The highest BCUT2D eigenvalue weighted by Crippen LogP contribution is 2.15. The lowest BCUT2D eigenvalue weighted by Crippen LogP contribution is -2.33. The molecule has 0 heterocycles. The monoisotopic (exact) mass is 255 g/mol. The minimum Gasteiger partial charge on any atom is -0.508 e. The largest absolute Gasteiger partial charge is 0.508 e. The lowest BCUT2D eigenvalue weighted by molar-refractivity contribution is -0.137. The second-order valence-electron chi connectivity index (χ2n) is 3.97. The molecule has 5 nitrogen and oxygen atoms in total. The summed E-state index contributed by atoms with van der Waals surface area (Å²) >= 11 is 0. The number of hydrogen-bond donors (Lipinski definition) is 3. The number of phenolic OH excluding ortho intramolecular Hbond substituents is 1. The first-order valence-electron chi connectivity index (χ1n) is 5.41. The van der Waals surface area contributed by atoms with Crippen molar-refractivity contribution in [3.05, 3.63) is 29.6 Å². The van der Waals surface area contributed by atoms with Gasteiger partial charge in [-0.1, -0.05) is 0 Å². The molecule has 1 rings (SSSR count). The van der Waals surface area contributed by atoms with E-state index in [1.807, 2.05) is 0 Å². The van der Waals surface area contributed by atoms with Gasteiger partial charge in [-0.15, -0.1) is 0 Å². The van der Waals surface area contributed by atoms with Gasteiger partial charge in [-0.3, -0.25) is 9.59 Å². The minimum atomic E-state index is -0.952. The Kier molecular flexibility index (Phi) is 4.65. The van der Waals surface area contributed by atoms with Gasteiger partial charge < -0.3 is 15.5 Å². The second kappa shape index (κ2) is 6.00. The Morgan fingerprint density at radius 3 is 2.67 bits per heavy atom. The number of amides is 1. The van der Waals surface area contributed by atoms with Gasteiger partial charge in [-0.25, -0.2) is 4.39 Å². The van der Waals surface area contributed by atoms with Crippen LogP contribution in [0.1, 0.15) is 30.1 Å². The van der Waals surface area contributed by atoms with Crippen LogP contribution < -0.4 is 5.32 Å². The summed E-state index contributed by atoms with van der Waals surface area (Å²) in [6.45, 7) is 1.64. The third-order valence-electron chi connectivity index (χ3n) is 2.37. The highest BCUT2D eigenvalue weighted by molar-refractivity contribution is 5.94. The molecule has 0 aliphatic carbocycles. The van der Waals surface area contributed by atoms with E-state index in [9.17, 15) is 14.0 Å². The number of carboxylic acids is 1. The van der Waals surface area contributed by atoms with Gasteiger partial charge in [-0.05, 0) is 25.5 Å². The Balaban J connectivity index is 2.62. The van der Waals surface area contributed by atoms with Crippen LogP contribution in [-0.4, -0.2) is 28.1 Å². The molecule has 1 amide bonds. The Hall–Kier alpha value is -2.11. The van der Waals surface area contributed by atoms with E-state index >= 15 is 0 Å². The smallest absolute Gasteiger partial charge is 0.303 e. The van der Waals surface area contributed by atoms with E-state index in [1.165, 1.54) is 12.1 Å². The maximum absolute atomic E-state index is 13.4. The van der Waals surface area contributed by atoms with Gasteiger partial charge in [0.05, 0.1) is 5.56 Å². The van der Waals surface area contributed by atoms with Crippen molar-refractivity contribution in [2.24, 2.45) is 0 Å². The molecule has 3 N–H and O–H groups in total. The van der Waals surface area contributed by atoms with Crippen LogP contribution in [0.15, 0.2) is 18.2 Å². The van der Waals surface area contributed by atoms with Crippen LogP contribution in [0.5, 0.6) is 5.75 Å². The molecule has 0 radical (unpaired) electrons. The number of halogens is 1. The molecule has 0 aliphatic rings. The number of carboxylic acid groups (broad SMARTS) is 1. The molecule has 0 fully saturated rings. The number of nitrogens with one attached hydrogen (secondary N) is 1. The number of rotatable bonds is 5. The van der Waals surface area contributed by atoms with Crippen LogP contribution in [0, 0.1) is 5.82 Å². The summed E-state index contributed by atoms with van der Waals surface area (Å²) in [6, 6.07) is 2.85. The van der Waals surface area contributed by atoms with E-state index in [2.05, 4.69) is 5.32 Å². The second-order valence-corrected chi connectivity index (χ2v) is 3.97. The van der Waals surface area contributed by atoms with Crippen LogP contribution in [0.4, 0.5) is 4.39 Å². The van der Waals surface area contributed by atoms with Crippen molar-refractivity contribution in [1.82, 2.24) is 5.32 Å².